The summed E-state index contributed by atoms with van der Waals surface area (Å²) >= 11 is 1.15. The molecule has 3 heterocycles. The molecule has 2 aromatic rings. The zero-order chi connectivity index (χ0) is 15.2. The highest BCUT2D eigenvalue weighted by Crippen LogP contribution is 2.33. The second-order valence-corrected chi connectivity index (χ2v) is 7.93. The van der Waals surface area contributed by atoms with Crippen LogP contribution in [-0.2, 0) is 26.7 Å². The van der Waals surface area contributed by atoms with Crippen LogP contribution in [0.4, 0.5) is 0 Å². The van der Waals surface area contributed by atoms with Crippen molar-refractivity contribution in [1.29, 1.82) is 0 Å². The van der Waals surface area contributed by atoms with Crippen LogP contribution in [-0.4, -0.2) is 36.7 Å². The first-order valence-electron chi connectivity index (χ1n) is 6.33. The van der Waals surface area contributed by atoms with Crippen LogP contribution < -0.4 is 5.56 Å². The summed E-state index contributed by atoms with van der Waals surface area (Å²) in [4.78, 5) is 31.3. The number of sulfone groups is 1. The van der Waals surface area contributed by atoms with Gasteiger partial charge in [0.15, 0.2) is 9.84 Å². The molecule has 1 aliphatic heterocycles. The highest BCUT2D eigenvalue weighted by Gasteiger charge is 2.27. The van der Waals surface area contributed by atoms with Crippen LogP contribution >= 0.6 is 11.3 Å². The van der Waals surface area contributed by atoms with E-state index in [4.69, 9.17) is 4.74 Å². The van der Waals surface area contributed by atoms with Gasteiger partial charge in [-0.15, -0.1) is 11.3 Å². The standard InChI is InChI=1S/C12H12N2O5S2/c1-2-19-12(16)9-13-10(15)8-6-3-4-21(17,18)5-7(6)20-11(8)14-9/h2-5H2,1H3,(H,13,14,15). The summed E-state index contributed by atoms with van der Waals surface area (Å²) in [5.41, 5.74) is 0.300. The molecule has 0 aliphatic carbocycles. The lowest BCUT2D eigenvalue weighted by molar-refractivity contribution is 0.0512. The average Bonchev–Trinajstić information content (AvgIpc) is 2.74. The van der Waals surface area contributed by atoms with E-state index in [1.807, 2.05) is 0 Å². The van der Waals surface area contributed by atoms with Gasteiger partial charge in [-0.2, -0.15) is 0 Å². The number of carbonyl (C=O) groups excluding carboxylic acids is 1. The van der Waals surface area contributed by atoms with Crippen LogP contribution in [0.25, 0.3) is 10.2 Å². The molecule has 112 valence electrons. The molecule has 7 nitrogen and oxygen atoms in total. The van der Waals surface area contributed by atoms with E-state index in [0.29, 0.717) is 21.5 Å². The minimum Gasteiger partial charge on any atom is -0.460 e. The van der Waals surface area contributed by atoms with Gasteiger partial charge in [0.25, 0.3) is 5.56 Å². The quantitative estimate of drug-likeness (QED) is 0.811. The second-order valence-electron chi connectivity index (χ2n) is 4.66. The lowest BCUT2D eigenvalue weighted by atomic mass is 10.1. The van der Waals surface area contributed by atoms with Gasteiger partial charge in [-0.1, -0.05) is 0 Å². The minimum absolute atomic E-state index is 0.0326. The molecule has 0 atom stereocenters. The van der Waals surface area contributed by atoms with Crippen molar-refractivity contribution in [2.24, 2.45) is 0 Å². The molecule has 1 aliphatic rings. The van der Waals surface area contributed by atoms with Crippen LogP contribution in [0.5, 0.6) is 0 Å². The van der Waals surface area contributed by atoms with Crippen molar-refractivity contribution >= 4 is 37.4 Å². The largest absolute Gasteiger partial charge is 0.460 e. The molecule has 21 heavy (non-hydrogen) atoms. The topological polar surface area (TPSA) is 106 Å². The van der Waals surface area contributed by atoms with E-state index in [1.54, 1.807) is 6.92 Å². The van der Waals surface area contributed by atoms with Crippen molar-refractivity contribution < 1.29 is 17.9 Å². The Balaban J connectivity index is 2.18. The molecule has 0 fully saturated rings. The van der Waals surface area contributed by atoms with Crippen molar-refractivity contribution in [3.63, 3.8) is 0 Å². The van der Waals surface area contributed by atoms with Gasteiger partial charge in [-0.05, 0) is 18.9 Å². The van der Waals surface area contributed by atoms with Crippen molar-refractivity contribution in [3.8, 4) is 0 Å². The number of carbonyl (C=O) groups is 1. The monoisotopic (exact) mass is 328 g/mol. The van der Waals surface area contributed by atoms with Gasteiger partial charge in [-0.3, -0.25) is 4.79 Å². The van der Waals surface area contributed by atoms with Gasteiger partial charge < -0.3 is 9.72 Å². The normalized spacial score (nSPS) is 16.6. The fourth-order valence-corrected chi connectivity index (χ4v) is 5.34. The van der Waals surface area contributed by atoms with E-state index in [-0.39, 0.29) is 23.9 Å². The first kappa shape index (κ1) is 14.2. The fraction of sp³-hybridized carbons (Fsp3) is 0.417. The van der Waals surface area contributed by atoms with E-state index < -0.39 is 21.4 Å². The van der Waals surface area contributed by atoms with Crippen LogP contribution in [0.2, 0.25) is 0 Å². The fourth-order valence-electron chi connectivity index (χ4n) is 2.32. The van der Waals surface area contributed by atoms with Gasteiger partial charge in [0.1, 0.15) is 4.83 Å². The molecule has 3 rings (SSSR count). The number of nitrogens with one attached hydrogen (secondary N) is 1. The first-order valence-corrected chi connectivity index (χ1v) is 8.97. The summed E-state index contributed by atoms with van der Waals surface area (Å²) in [5, 5.41) is 0.387. The smallest absolute Gasteiger partial charge is 0.374 e. The average molecular weight is 328 g/mol. The van der Waals surface area contributed by atoms with Gasteiger partial charge in [-0.25, -0.2) is 18.2 Å². The highest BCUT2D eigenvalue weighted by atomic mass is 32.2. The number of esters is 1. The van der Waals surface area contributed by atoms with Gasteiger partial charge in [0.05, 0.1) is 23.5 Å². The number of hydrogen-bond acceptors (Lipinski definition) is 7. The lowest BCUT2D eigenvalue weighted by Crippen LogP contribution is -2.20. The zero-order valence-corrected chi connectivity index (χ0v) is 12.8. The first-order chi connectivity index (χ1) is 9.91. The molecule has 9 heteroatoms. The Labute approximate surface area is 123 Å². The third-order valence-electron chi connectivity index (χ3n) is 3.23. The maximum Gasteiger partial charge on any atom is 0.374 e. The lowest BCUT2D eigenvalue weighted by Gasteiger charge is -2.11. The summed E-state index contributed by atoms with van der Waals surface area (Å²) in [7, 11) is -3.11. The Morgan fingerprint density at radius 2 is 2.24 bits per heavy atom. The maximum atomic E-state index is 12.2. The molecule has 0 unspecified atom stereocenters. The maximum absolute atomic E-state index is 12.2. The number of thiophene rings is 1. The highest BCUT2D eigenvalue weighted by molar-refractivity contribution is 7.90. The second kappa shape index (κ2) is 4.92. The molecular weight excluding hydrogens is 316 g/mol. The molecule has 0 saturated heterocycles. The third kappa shape index (κ3) is 2.46. The Hall–Kier alpha value is -1.74. The zero-order valence-electron chi connectivity index (χ0n) is 11.1. The molecule has 0 aromatic carbocycles. The van der Waals surface area contributed by atoms with Crippen molar-refractivity contribution in [2.45, 2.75) is 19.1 Å². The Bertz CT molecular complexity index is 894. The van der Waals surface area contributed by atoms with Gasteiger partial charge in [0.2, 0.25) is 5.82 Å². The summed E-state index contributed by atoms with van der Waals surface area (Å²) in [6.45, 7) is 1.84. The summed E-state index contributed by atoms with van der Waals surface area (Å²) in [6.07, 6.45) is 0.307. The van der Waals surface area contributed by atoms with Gasteiger partial charge in [0, 0.05) is 4.88 Å². The van der Waals surface area contributed by atoms with Crippen molar-refractivity contribution in [1.82, 2.24) is 9.97 Å². The molecular formula is C12H12N2O5S2. The summed E-state index contributed by atoms with van der Waals surface area (Å²) in [6, 6.07) is 0. The number of ether oxygens (including phenoxy) is 1. The number of rotatable bonds is 2. The van der Waals surface area contributed by atoms with Crippen LogP contribution in [0, 0.1) is 0 Å². The molecule has 0 saturated carbocycles. The number of aromatic nitrogens is 2. The van der Waals surface area contributed by atoms with E-state index >= 15 is 0 Å². The van der Waals surface area contributed by atoms with E-state index in [2.05, 4.69) is 9.97 Å². The number of hydrogen-bond donors (Lipinski definition) is 1. The molecule has 1 N–H and O–H groups in total. The Morgan fingerprint density at radius 3 is 2.95 bits per heavy atom. The number of fused-ring (bicyclic) bond motifs is 3. The van der Waals surface area contributed by atoms with Crippen LogP contribution in [0.1, 0.15) is 28.0 Å². The minimum atomic E-state index is -3.11. The van der Waals surface area contributed by atoms with E-state index in [9.17, 15) is 18.0 Å². The van der Waals surface area contributed by atoms with Crippen molar-refractivity contribution in [3.05, 3.63) is 26.6 Å². The molecule has 2 aromatic heterocycles. The number of aryl methyl sites for hydroxylation is 1. The molecule has 0 spiro atoms. The van der Waals surface area contributed by atoms with E-state index in [0.717, 1.165) is 16.9 Å². The predicted octanol–water partition coefficient (Wildman–Crippen LogP) is 0.632. The van der Waals surface area contributed by atoms with E-state index in [1.165, 1.54) is 0 Å². The van der Waals surface area contributed by atoms with Gasteiger partial charge >= 0.3 is 5.97 Å². The Morgan fingerprint density at radius 1 is 1.48 bits per heavy atom. The molecule has 0 bridgehead atoms. The van der Waals surface area contributed by atoms with Crippen LogP contribution in [0.3, 0.4) is 0 Å². The predicted molar refractivity (Wildman–Crippen MR) is 77.4 cm³/mol. The number of H-pyrrole nitrogens is 1. The summed E-state index contributed by atoms with van der Waals surface area (Å²) in [5.74, 6) is -0.895. The third-order valence-corrected chi connectivity index (χ3v) is 6.09. The number of nitrogens with zero attached hydrogens (tertiary/aromatic N) is 1. The summed E-state index contributed by atoms with van der Waals surface area (Å²) < 4.78 is 28.1. The Kier molecular flexibility index (Phi) is 3.33. The van der Waals surface area contributed by atoms with Crippen molar-refractivity contribution in [2.75, 3.05) is 12.4 Å². The van der Waals surface area contributed by atoms with Crippen LogP contribution in [0.15, 0.2) is 4.79 Å². The molecule has 0 amide bonds. The number of aromatic amines is 1. The SMILES string of the molecule is CCOC(=O)c1nc2sc3c(c2c(=O)[nH]1)CCS(=O)(=O)C3. The molecule has 0 radical (unpaired) electrons.